The van der Waals surface area contributed by atoms with Crippen molar-refractivity contribution in [2.75, 3.05) is 14.2 Å². The van der Waals surface area contributed by atoms with Gasteiger partial charge in [-0.3, -0.25) is 0 Å². The Morgan fingerprint density at radius 1 is 1.50 bits per heavy atom. The molecule has 18 heavy (non-hydrogen) atoms. The van der Waals surface area contributed by atoms with Gasteiger partial charge in [0.1, 0.15) is 6.10 Å². The van der Waals surface area contributed by atoms with E-state index < -0.39 is 0 Å². The second-order valence-corrected chi connectivity index (χ2v) is 5.08. The maximum Gasteiger partial charge on any atom is 0.231 e. The average Bonchev–Trinajstić information content (AvgIpc) is 3.10. The van der Waals surface area contributed by atoms with Crippen LogP contribution >= 0.6 is 0 Å². The number of ether oxygens (including phenoxy) is 1. The number of aromatic nitrogens is 2. The minimum Gasteiger partial charge on any atom is -0.373 e. The molecule has 1 aromatic heterocycles. The van der Waals surface area contributed by atoms with Crippen molar-refractivity contribution < 1.29 is 9.26 Å². The predicted molar refractivity (Wildman–Crippen MR) is 68.3 cm³/mol. The van der Waals surface area contributed by atoms with E-state index >= 15 is 0 Å². The topological polar surface area (TPSA) is 60.2 Å². The molecule has 0 saturated heterocycles. The Balaban J connectivity index is 2.12. The molecule has 3 unspecified atom stereocenters. The molecule has 1 aromatic rings. The van der Waals surface area contributed by atoms with Crippen molar-refractivity contribution in [1.82, 2.24) is 15.5 Å². The molecule has 2 rings (SSSR count). The number of hydrogen-bond donors (Lipinski definition) is 1. The van der Waals surface area contributed by atoms with E-state index in [2.05, 4.69) is 29.3 Å². The van der Waals surface area contributed by atoms with Crippen LogP contribution in [0.1, 0.15) is 56.8 Å². The van der Waals surface area contributed by atoms with Crippen LogP contribution in [0.4, 0.5) is 0 Å². The largest absolute Gasteiger partial charge is 0.373 e. The van der Waals surface area contributed by atoms with Crippen molar-refractivity contribution in [3.05, 3.63) is 11.7 Å². The zero-order valence-corrected chi connectivity index (χ0v) is 11.6. The Kier molecular flexibility index (Phi) is 4.35. The maximum absolute atomic E-state index is 5.47. The number of rotatable bonds is 7. The van der Waals surface area contributed by atoms with Crippen molar-refractivity contribution in [1.29, 1.82) is 0 Å². The fourth-order valence-corrected chi connectivity index (χ4v) is 2.36. The highest BCUT2D eigenvalue weighted by molar-refractivity contribution is 5.02. The van der Waals surface area contributed by atoms with E-state index in [0.717, 1.165) is 12.3 Å². The monoisotopic (exact) mass is 253 g/mol. The number of likely N-dealkylation sites (N-methyl/N-ethyl adjacent to an activating group) is 1. The summed E-state index contributed by atoms with van der Waals surface area (Å²) in [5.74, 6) is 2.25. The molecule has 1 heterocycles. The summed E-state index contributed by atoms with van der Waals surface area (Å²) in [4.78, 5) is 4.54. The number of methoxy groups -OCH3 is 1. The van der Waals surface area contributed by atoms with Crippen LogP contribution in [0.25, 0.3) is 0 Å². The Hall–Kier alpha value is -0.940. The number of nitrogens with zero attached hydrogens (tertiary/aromatic N) is 2. The van der Waals surface area contributed by atoms with Crippen LogP contribution in [-0.2, 0) is 4.74 Å². The molecule has 5 heteroatoms. The molecule has 1 aliphatic rings. The van der Waals surface area contributed by atoms with Crippen molar-refractivity contribution in [2.24, 2.45) is 5.92 Å². The quantitative estimate of drug-likeness (QED) is 0.807. The summed E-state index contributed by atoms with van der Waals surface area (Å²) < 4.78 is 10.9. The van der Waals surface area contributed by atoms with Crippen LogP contribution in [0, 0.1) is 5.92 Å². The van der Waals surface area contributed by atoms with Gasteiger partial charge in [0.2, 0.25) is 11.7 Å². The van der Waals surface area contributed by atoms with Gasteiger partial charge >= 0.3 is 0 Å². The first-order chi connectivity index (χ1) is 8.71. The molecule has 1 aliphatic carbocycles. The Bertz CT molecular complexity index is 376. The Labute approximate surface area is 108 Å². The lowest BCUT2D eigenvalue weighted by Gasteiger charge is -2.17. The van der Waals surface area contributed by atoms with Gasteiger partial charge in [0.05, 0.1) is 5.92 Å². The molecule has 0 amide bonds. The average molecular weight is 253 g/mol. The lowest BCUT2D eigenvalue weighted by atomic mass is 9.98. The van der Waals surface area contributed by atoms with Gasteiger partial charge in [-0.05, 0) is 39.2 Å². The predicted octanol–water partition coefficient (Wildman–Crippen LogP) is 2.27. The smallest absolute Gasteiger partial charge is 0.231 e. The summed E-state index contributed by atoms with van der Waals surface area (Å²) in [6.07, 6.45) is 3.38. The van der Waals surface area contributed by atoms with Gasteiger partial charge in [-0.25, -0.2) is 0 Å². The molecule has 5 nitrogen and oxygen atoms in total. The highest BCUT2D eigenvalue weighted by Gasteiger charge is 2.36. The third kappa shape index (κ3) is 2.72. The van der Waals surface area contributed by atoms with Crippen LogP contribution in [0.3, 0.4) is 0 Å². The third-order valence-electron chi connectivity index (χ3n) is 3.83. The fourth-order valence-electron chi connectivity index (χ4n) is 2.36. The minimum atomic E-state index is 0.00454. The second kappa shape index (κ2) is 5.80. The first-order valence-corrected chi connectivity index (χ1v) is 6.74. The summed E-state index contributed by atoms with van der Waals surface area (Å²) in [7, 11) is 3.67. The summed E-state index contributed by atoms with van der Waals surface area (Å²) >= 11 is 0. The van der Waals surface area contributed by atoms with E-state index in [1.807, 2.05) is 7.05 Å². The molecule has 3 atom stereocenters. The standard InChI is InChI=1S/C13H23N3O2/c1-5-10(8(2)14-3)13-15-12(16-18-13)11(17-4)9-6-7-9/h8-11,14H,5-7H2,1-4H3. The van der Waals surface area contributed by atoms with E-state index in [1.54, 1.807) is 7.11 Å². The molecule has 0 aliphatic heterocycles. The minimum absolute atomic E-state index is 0.00454. The molecule has 1 saturated carbocycles. The molecule has 102 valence electrons. The van der Waals surface area contributed by atoms with Gasteiger partial charge in [-0.2, -0.15) is 4.98 Å². The van der Waals surface area contributed by atoms with Crippen molar-refractivity contribution in [3.8, 4) is 0 Å². The van der Waals surface area contributed by atoms with Crippen LogP contribution in [0.15, 0.2) is 4.52 Å². The Morgan fingerprint density at radius 2 is 2.22 bits per heavy atom. The second-order valence-electron chi connectivity index (χ2n) is 5.08. The van der Waals surface area contributed by atoms with Crippen molar-refractivity contribution in [2.45, 2.75) is 51.2 Å². The highest BCUT2D eigenvalue weighted by atomic mass is 16.5. The van der Waals surface area contributed by atoms with E-state index in [-0.39, 0.29) is 12.0 Å². The number of nitrogens with one attached hydrogen (secondary N) is 1. The molecule has 0 radical (unpaired) electrons. The maximum atomic E-state index is 5.47. The van der Waals surface area contributed by atoms with Gasteiger partial charge in [-0.15, -0.1) is 0 Å². The third-order valence-corrected chi connectivity index (χ3v) is 3.83. The SMILES string of the molecule is CCC(c1nc(C(OC)C2CC2)no1)C(C)NC. The summed E-state index contributed by atoms with van der Waals surface area (Å²) in [6.45, 7) is 4.27. The van der Waals surface area contributed by atoms with Gasteiger partial charge in [0, 0.05) is 13.2 Å². The van der Waals surface area contributed by atoms with Crippen molar-refractivity contribution >= 4 is 0 Å². The molecule has 0 spiro atoms. The van der Waals surface area contributed by atoms with E-state index in [4.69, 9.17) is 9.26 Å². The van der Waals surface area contributed by atoms with Crippen LogP contribution in [-0.4, -0.2) is 30.3 Å². The lowest BCUT2D eigenvalue weighted by molar-refractivity contribution is 0.0751. The highest BCUT2D eigenvalue weighted by Crippen LogP contribution is 2.42. The molecule has 0 bridgehead atoms. The molecule has 1 N–H and O–H groups in total. The number of hydrogen-bond acceptors (Lipinski definition) is 5. The van der Waals surface area contributed by atoms with E-state index in [1.165, 1.54) is 12.8 Å². The van der Waals surface area contributed by atoms with Gasteiger partial charge in [-0.1, -0.05) is 12.1 Å². The first kappa shape index (κ1) is 13.5. The van der Waals surface area contributed by atoms with Gasteiger partial charge in [0.25, 0.3) is 0 Å². The molecule has 0 aromatic carbocycles. The molecular formula is C13H23N3O2. The van der Waals surface area contributed by atoms with E-state index in [0.29, 0.717) is 17.8 Å². The van der Waals surface area contributed by atoms with Crippen LogP contribution in [0.5, 0.6) is 0 Å². The lowest BCUT2D eigenvalue weighted by Crippen LogP contribution is -2.28. The summed E-state index contributed by atoms with van der Waals surface area (Å²) in [5.41, 5.74) is 0. The molecular weight excluding hydrogens is 230 g/mol. The van der Waals surface area contributed by atoms with Crippen LogP contribution < -0.4 is 5.32 Å². The summed E-state index contributed by atoms with van der Waals surface area (Å²) in [5, 5.41) is 7.34. The zero-order valence-electron chi connectivity index (χ0n) is 11.6. The van der Waals surface area contributed by atoms with Crippen LogP contribution in [0.2, 0.25) is 0 Å². The summed E-state index contributed by atoms with van der Waals surface area (Å²) in [6, 6.07) is 0.324. The molecule has 1 fully saturated rings. The van der Waals surface area contributed by atoms with Gasteiger partial charge in [0.15, 0.2) is 0 Å². The van der Waals surface area contributed by atoms with Crippen molar-refractivity contribution in [3.63, 3.8) is 0 Å². The Morgan fingerprint density at radius 3 is 2.72 bits per heavy atom. The zero-order chi connectivity index (χ0) is 13.1. The van der Waals surface area contributed by atoms with E-state index in [9.17, 15) is 0 Å². The normalized spacial score (nSPS) is 20.7. The van der Waals surface area contributed by atoms with Gasteiger partial charge < -0.3 is 14.6 Å². The fraction of sp³-hybridized carbons (Fsp3) is 0.846. The first-order valence-electron chi connectivity index (χ1n) is 6.74.